The van der Waals surface area contributed by atoms with Crippen LogP contribution >= 0.6 is 11.3 Å². The van der Waals surface area contributed by atoms with E-state index < -0.39 is 0 Å². The minimum atomic E-state index is -0.124. The fraction of sp³-hybridized carbons (Fsp3) is 0.294. The molecule has 2 heterocycles. The van der Waals surface area contributed by atoms with Crippen molar-refractivity contribution in [3.8, 4) is 11.3 Å². The van der Waals surface area contributed by atoms with Gasteiger partial charge in [-0.15, -0.1) is 10.2 Å². The molecule has 0 fully saturated rings. The van der Waals surface area contributed by atoms with Gasteiger partial charge in [0.05, 0.1) is 6.20 Å². The van der Waals surface area contributed by atoms with Crippen LogP contribution in [0, 0.1) is 0 Å². The predicted molar refractivity (Wildman–Crippen MR) is 92.9 cm³/mol. The highest BCUT2D eigenvalue weighted by Gasteiger charge is 2.12. The zero-order valence-corrected chi connectivity index (χ0v) is 14.3. The number of hydrogen-bond donors (Lipinski definition) is 1. The number of aryl methyl sites for hydroxylation is 1. The van der Waals surface area contributed by atoms with Gasteiger partial charge in [0.25, 0.3) is 0 Å². The summed E-state index contributed by atoms with van der Waals surface area (Å²) in [5.74, 6) is 1.43. The van der Waals surface area contributed by atoms with Crippen LogP contribution in [-0.4, -0.2) is 21.1 Å². The maximum Gasteiger partial charge on any atom is 0.226 e. The van der Waals surface area contributed by atoms with Crippen molar-refractivity contribution in [1.29, 1.82) is 0 Å². The first-order chi connectivity index (χ1) is 11.6. The number of anilines is 1. The minimum Gasteiger partial charge on any atom is -0.441 e. The molecule has 0 unspecified atom stereocenters. The van der Waals surface area contributed by atoms with E-state index in [1.54, 1.807) is 6.20 Å². The summed E-state index contributed by atoms with van der Waals surface area (Å²) in [5, 5.41) is 12.2. The summed E-state index contributed by atoms with van der Waals surface area (Å²) in [6.07, 6.45) is 2.40. The van der Waals surface area contributed by atoms with E-state index in [0.29, 0.717) is 29.1 Å². The lowest BCUT2D eigenvalue weighted by molar-refractivity contribution is -0.116. The molecule has 1 N–H and O–H groups in total. The van der Waals surface area contributed by atoms with E-state index in [1.165, 1.54) is 11.3 Å². The summed E-state index contributed by atoms with van der Waals surface area (Å²) in [6, 6.07) is 9.75. The molecular weight excluding hydrogens is 324 g/mol. The Labute approximate surface area is 144 Å². The molecule has 2 aromatic heterocycles. The number of benzene rings is 1. The lowest BCUT2D eigenvalue weighted by atomic mass is 10.2. The van der Waals surface area contributed by atoms with E-state index in [2.05, 4.69) is 20.5 Å². The van der Waals surface area contributed by atoms with Crippen molar-refractivity contribution in [1.82, 2.24) is 15.2 Å². The van der Waals surface area contributed by atoms with Gasteiger partial charge in [0.2, 0.25) is 11.0 Å². The largest absolute Gasteiger partial charge is 0.441 e. The van der Waals surface area contributed by atoms with Crippen LogP contribution in [0.3, 0.4) is 0 Å². The van der Waals surface area contributed by atoms with E-state index in [1.807, 2.05) is 44.2 Å². The van der Waals surface area contributed by atoms with E-state index in [-0.39, 0.29) is 12.3 Å². The standard InChI is InChI=1S/C17H18N4O2S/c1-11(2)16-20-21-17(24-16)19-14(22)8-9-15-18-10-13(23-15)12-6-4-3-5-7-12/h3-7,10-11H,8-9H2,1-2H3,(H,19,21,22). The van der Waals surface area contributed by atoms with Gasteiger partial charge in [-0.05, 0) is 0 Å². The summed E-state index contributed by atoms with van der Waals surface area (Å²) in [7, 11) is 0. The predicted octanol–water partition coefficient (Wildman–Crippen LogP) is 3.89. The number of carbonyl (C=O) groups is 1. The maximum absolute atomic E-state index is 12.0. The number of amides is 1. The second-order valence-electron chi connectivity index (χ2n) is 5.63. The lowest BCUT2D eigenvalue weighted by Crippen LogP contribution is -2.12. The number of nitrogens with zero attached hydrogens (tertiary/aromatic N) is 3. The maximum atomic E-state index is 12.0. The lowest BCUT2D eigenvalue weighted by Gasteiger charge is -1.99. The first kappa shape index (κ1) is 16.3. The number of nitrogens with one attached hydrogen (secondary N) is 1. The van der Waals surface area contributed by atoms with E-state index in [0.717, 1.165) is 10.6 Å². The molecule has 1 aromatic carbocycles. The summed E-state index contributed by atoms with van der Waals surface area (Å²) >= 11 is 1.40. The number of oxazole rings is 1. The number of aromatic nitrogens is 3. The van der Waals surface area contributed by atoms with Crippen LogP contribution in [0.25, 0.3) is 11.3 Å². The summed E-state index contributed by atoms with van der Waals surface area (Å²) in [6.45, 7) is 4.08. The Balaban J connectivity index is 1.54. The third-order valence-corrected chi connectivity index (χ3v) is 4.50. The first-order valence-electron chi connectivity index (χ1n) is 7.75. The van der Waals surface area contributed by atoms with Crippen LogP contribution in [0.1, 0.15) is 37.1 Å². The van der Waals surface area contributed by atoms with Gasteiger partial charge in [0, 0.05) is 24.3 Å². The minimum absolute atomic E-state index is 0.124. The Bertz CT molecular complexity index is 811. The molecule has 1 amide bonds. The first-order valence-corrected chi connectivity index (χ1v) is 8.57. The molecule has 0 bridgehead atoms. The molecule has 0 aliphatic rings. The smallest absolute Gasteiger partial charge is 0.226 e. The van der Waals surface area contributed by atoms with Crippen LogP contribution in [0.2, 0.25) is 0 Å². The van der Waals surface area contributed by atoms with Crippen LogP contribution in [0.15, 0.2) is 40.9 Å². The van der Waals surface area contributed by atoms with Gasteiger partial charge < -0.3 is 9.73 Å². The Morgan fingerprint density at radius 1 is 1.25 bits per heavy atom. The van der Waals surface area contributed by atoms with Gasteiger partial charge in [-0.25, -0.2) is 4.98 Å². The normalized spacial score (nSPS) is 11.0. The van der Waals surface area contributed by atoms with Gasteiger partial charge >= 0.3 is 0 Å². The highest BCUT2D eigenvalue weighted by molar-refractivity contribution is 7.15. The van der Waals surface area contributed by atoms with Crippen molar-refractivity contribution in [2.45, 2.75) is 32.6 Å². The molecule has 24 heavy (non-hydrogen) atoms. The van der Waals surface area contributed by atoms with Gasteiger partial charge in [0.15, 0.2) is 11.7 Å². The molecule has 0 saturated carbocycles. The van der Waals surface area contributed by atoms with Crippen molar-refractivity contribution >= 4 is 22.4 Å². The van der Waals surface area contributed by atoms with Crippen molar-refractivity contribution in [3.63, 3.8) is 0 Å². The van der Waals surface area contributed by atoms with Crippen molar-refractivity contribution in [3.05, 3.63) is 47.4 Å². The Kier molecular flexibility index (Phi) is 5.00. The second-order valence-corrected chi connectivity index (χ2v) is 6.64. The average Bonchev–Trinajstić information content (AvgIpc) is 3.23. The molecule has 0 aliphatic heterocycles. The molecule has 124 valence electrons. The van der Waals surface area contributed by atoms with Crippen molar-refractivity contribution in [2.75, 3.05) is 5.32 Å². The third kappa shape index (κ3) is 4.05. The Morgan fingerprint density at radius 3 is 2.75 bits per heavy atom. The highest BCUT2D eigenvalue weighted by atomic mass is 32.1. The Morgan fingerprint density at radius 2 is 2.04 bits per heavy atom. The van der Waals surface area contributed by atoms with Crippen LogP contribution in [0.5, 0.6) is 0 Å². The second kappa shape index (κ2) is 7.35. The summed E-state index contributed by atoms with van der Waals surface area (Å²) < 4.78 is 5.69. The van der Waals surface area contributed by atoms with Crippen LogP contribution in [0.4, 0.5) is 5.13 Å². The van der Waals surface area contributed by atoms with Crippen LogP contribution in [-0.2, 0) is 11.2 Å². The molecular formula is C17H18N4O2S. The molecule has 6 nitrogen and oxygen atoms in total. The fourth-order valence-corrected chi connectivity index (χ4v) is 2.84. The van der Waals surface area contributed by atoms with E-state index in [4.69, 9.17) is 4.42 Å². The molecule has 0 saturated heterocycles. The molecule has 0 radical (unpaired) electrons. The number of rotatable bonds is 6. The van der Waals surface area contributed by atoms with Gasteiger partial charge in [0.1, 0.15) is 5.01 Å². The molecule has 0 aliphatic carbocycles. The topological polar surface area (TPSA) is 80.9 Å². The Hall–Kier alpha value is -2.54. The zero-order valence-electron chi connectivity index (χ0n) is 13.5. The SMILES string of the molecule is CC(C)c1nnc(NC(=O)CCc2ncc(-c3ccccc3)o2)s1. The molecule has 0 atom stereocenters. The molecule has 3 aromatic rings. The monoisotopic (exact) mass is 342 g/mol. The quantitative estimate of drug-likeness (QED) is 0.735. The molecule has 7 heteroatoms. The fourth-order valence-electron chi connectivity index (χ4n) is 2.08. The van der Waals surface area contributed by atoms with Crippen molar-refractivity contribution < 1.29 is 9.21 Å². The summed E-state index contributed by atoms with van der Waals surface area (Å²) in [5.41, 5.74) is 0.968. The molecule has 3 rings (SSSR count). The van der Waals surface area contributed by atoms with Gasteiger partial charge in [-0.1, -0.05) is 55.5 Å². The van der Waals surface area contributed by atoms with E-state index in [9.17, 15) is 4.79 Å². The van der Waals surface area contributed by atoms with E-state index >= 15 is 0 Å². The number of hydrogen-bond acceptors (Lipinski definition) is 6. The highest BCUT2D eigenvalue weighted by Crippen LogP contribution is 2.23. The van der Waals surface area contributed by atoms with Gasteiger partial charge in [-0.2, -0.15) is 0 Å². The molecule has 0 spiro atoms. The zero-order chi connectivity index (χ0) is 16.9. The summed E-state index contributed by atoms with van der Waals surface area (Å²) in [4.78, 5) is 16.2. The van der Waals surface area contributed by atoms with Crippen molar-refractivity contribution in [2.24, 2.45) is 0 Å². The third-order valence-electron chi connectivity index (χ3n) is 3.36. The van der Waals surface area contributed by atoms with Crippen LogP contribution < -0.4 is 5.32 Å². The van der Waals surface area contributed by atoms with Gasteiger partial charge in [-0.3, -0.25) is 4.79 Å². The average molecular weight is 342 g/mol. The number of carbonyl (C=O) groups excluding carboxylic acids is 1.